The molecule has 1 aliphatic heterocycles. The van der Waals surface area contributed by atoms with Crippen LogP contribution in [0.2, 0.25) is 0 Å². The number of halogens is 3. The molecule has 1 N–H and O–H groups in total. The van der Waals surface area contributed by atoms with Crippen LogP contribution in [0.5, 0.6) is 0 Å². The maximum absolute atomic E-state index is 13.2. The first-order valence-corrected chi connectivity index (χ1v) is 11.1. The molecule has 10 heteroatoms. The number of hydrogen-bond acceptors (Lipinski definition) is 5. The molecule has 170 valence electrons. The number of aromatic nitrogens is 1. The minimum atomic E-state index is -4.41. The van der Waals surface area contributed by atoms with E-state index < -0.39 is 23.0 Å². The summed E-state index contributed by atoms with van der Waals surface area (Å²) in [7, 11) is 0. The molecular formula is C22H23F3N4O2S. The third-order valence-electron chi connectivity index (χ3n) is 5.77. The number of hydrogen-bond donors (Lipinski definition) is 1. The zero-order valence-corrected chi connectivity index (χ0v) is 18.5. The molecule has 1 aromatic carbocycles. The lowest BCUT2D eigenvalue weighted by Gasteiger charge is -2.29. The fourth-order valence-corrected chi connectivity index (χ4v) is 4.26. The Morgan fingerprint density at radius 2 is 1.84 bits per heavy atom. The molecule has 0 bridgehead atoms. The number of carbonyl (C=O) groups is 2. The van der Waals surface area contributed by atoms with Gasteiger partial charge in [0.05, 0.1) is 5.69 Å². The summed E-state index contributed by atoms with van der Waals surface area (Å²) in [5, 5.41) is 3.37. The zero-order chi connectivity index (χ0) is 23.1. The van der Waals surface area contributed by atoms with Gasteiger partial charge >= 0.3 is 11.5 Å². The van der Waals surface area contributed by atoms with E-state index in [4.69, 9.17) is 0 Å². The summed E-state index contributed by atoms with van der Waals surface area (Å²) in [5.41, 5.74) is -4.45. The van der Waals surface area contributed by atoms with Gasteiger partial charge in [0.15, 0.2) is 0 Å². The van der Waals surface area contributed by atoms with Crippen molar-refractivity contribution in [2.24, 2.45) is 0 Å². The van der Waals surface area contributed by atoms with E-state index in [2.05, 4.69) is 10.3 Å². The molecule has 2 fully saturated rings. The molecule has 0 atom stereocenters. The van der Waals surface area contributed by atoms with Gasteiger partial charge in [0, 0.05) is 23.7 Å². The van der Waals surface area contributed by atoms with E-state index >= 15 is 0 Å². The van der Waals surface area contributed by atoms with Crippen LogP contribution in [0.25, 0.3) is 0 Å². The van der Waals surface area contributed by atoms with Gasteiger partial charge < -0.3 is 10.2 Å². The molecule has 0 radical (unpaired) electrons. The number of anilines is 2. The van der Waals surface area contributed by atoms with E-state index in [1.807, 2.05) is 6.07 Å². The van der Waals surface area contributed by atoms with Crippen LogP contribution in [-0.2, 0) is 11.3 Å². The average Bonchev–Trinajstić information content (AvgIpc) is 2.84. The van der Waals surface area contributed by atoms with E-state index in [9.17, 15) is 22.8 Å². The van der Waals surface area contributed by atoms with Crippen molar-refractivity contribution in [3.8, 4) is 0 Å². The fraction of sp³-hybridized carbons (Fsp3) is 0.409. The molecule has 4 rings (SSSR count). The van der Waals surface area contributed by atoms with Crippen molar-refractivity contribution in [3.63, 3.8) is 0 Å². The van der Waals surface area contributed by atoms with Crippen molar-refractivity contribution in [3.05, 3.63) is 48.2 Å². The Balaban J connectivity index is 1.53. The van der Waals surface area contributed by atoms with Crippen LogP contribution in [-0.4, -0.2) is 38.9 Å². The number of thioether (sulfide) groups is 1. The van der Waals surface area contributed by atoms with Gasteiger partial charge in [-0.05, 0) is 86.8 Å². The van der Waals surface area contributed by atoms with E-state index in [-0.39, 0.29) is 28.9 Å². The molecule has 1 saturated carbocycles. The standard InChI is InChI=1S/C22H23F3N4O2S/c1-21(2)19(30)29(16-6-8-17(9-7-16)32-22(23,24)25)20(31)28(21)13-14-10-11-26-18(12-14)27-15-4-3-5-15/h6-12,15H,3-5,13H2,1-2H3,(H,26,27). The molecule has 2 heterocycles. The number of pyridine rings is 1. The first kappa shape index (κ1) is 22.4. The Morgan fingerprint density at radius 1 is 1.16 bits per heavy atom. The van der Waals surface area contributed by atoms with E-state index in [0.717, 1.165) is 29.1 Å². The molecule has 1 aliphatic carbocycles. The van der Waals surface area contributed by atoms with Crippen LogP contribution in [0.3, 0.4) is 0 Å². The number of alkyl halides is 3. The Kier molecular flexibility index (Phi) is 5.83. The molecule has 3 amide bonds. The lowest BCUT2D eigenvalue weighted by Crippen LogP contribution is -2.43. The van der Waals surface area contributed by atoms with Crippen molar-refractivity contribution in [2.75, 3.05) is 10.2 Å². The predicted octanol–water partition coefficient (Wildman–Crippen LogP) is 5.41. The van der Waals surface area contributed by atoms with Gasteiger partial charge in [-0.2, -0.15) is 13.2 Å². The Hall–Kier alpha value is -2.75. The lowest BCUT2D eigenvalue weighted by molar-refractivity contribution is -0.123. The van der Waals surface area contributed by atoms with Gasteiger partial charge in [-0.1, -0.05) is 0 Å². The van der Waals surface area contributed by atoms with Crippen molar-refractivity contribution in [1.29, 1.82) is 0 Å². The largest absolute Gasteiger partial charge is 0.446 e. The van der Waals surface area contributed by atoms with Crippen molar-refractivity contribution < 1.29 is 22.8 Å². The second-order valence-corrected chi connectivity index (χ2v) is 9.57. The molecule has 32 heavy (non-hydrogen) atoms. The summed E-state index contributed by atoms with van der Waals surface area (Å²) in [4.78, 5) is 33.1. The molecule has 0 unspecified atom stereocenters. The second-order valence-electron chi connectivity index (χ2n) is 8.43. The quantitative estimate of drug-likeness (QED) is 0.458. The third-order valence-corrected chi connectivity index (χ3v) is 6.51. The van der Waals surface area contributed by atoms with Crippen molar-refractivity contribution >= 4 is 35.2 Å². The molecule has 0 spiro atoms. The summed E-state index contributed by atoms with van der Waals surface area (Å²) in [6, 6.07) is 8.80. The van der Waals surface area contributed by atoms with Gasteiger partial charge in [0.1, 0.15) is 11.4 Å². The number of nitrogens with one attached hydrogen (secondary N) is 1. The normalized spacial score (nSPS) is 18.8. The number of imide groups is 1. The van der Waals surface area contributed by atoms with Gasteiger partial charge in [0.2, 0.25) is 0 Å². The highest BCUT2D eigenvalue weighted by molar-refractivity contribution is 8.00. The molecule has 1 aromatic heterocycles. The van der Waals surface area contributed by atoms with Gasteiger partial charge in [0.25, 0.3) is 5.91 Å². The number of amides is 3. The molecular weight excluding hydrogens is 441 g/mol. The highest BCUT2D eigenvalue weighted by Gasteiger charge is 2.51. The summed E-state index contributed by atoms with van der Waals surface area (Å²) < 4.78 is 37.7. The highest BCUT2D eigenvalue weighted by Crippen LogP contribution is 2.39. The number of nitrogens with zero attached hydrogens (tertiary/aromatic N) is 3. The van der Waals surface area contributed by atoms with Crippen molar-refractivity contribution in [1.82, 2.24) is 9.88 Å². The lowest BCUT2D eigenvalue weighted by atomic mass is 9.93. The zero-order valence-electron chi connectivity index (χ0n) is 17.6. The molecule has 6 nitrogen and oxygen atoms in total. The van der Waals surface area contributed by atoms with E-state index in [1.165, 1.54) is 35.6 Å². The van der Waals surface area contributed by atoms with E-state index in [0.29, 0.717) is 6.04 Å². The third kappa shape index (κ3) is 4.55. The van der Waals surface area contributed by atoms with E-state index in [1.54, 1.807) is 26.1 Å². The second kappa shape index (κ2) is 8.31. The minimum Gasteiger partial charge on any atom is -0.367 e. The molecule has 2 aromatic rings. The number of carbonyl (C=O) groups excluding carboxylic acids is 2. The van der Waals surface area contributed by atoms with Crippen LogP contribution in [0.15, 0.2) is 47.5 Å². The first-order chi connectivity index (χ1) is 15.0. The van der Waals surface area contributed by atoms with Gasteiger partial charge in [-0.15, -0.1) is 0 Å². The summed E-state index contributed by atoms with van der Waals surface area (Å²) >= 11 is -0.244. The maximum atomic E-state index is 13.2. The smallest absolute Gasteiger partial charge is 0.367 e. The SMILES string of the molecule is CC1(C)C(=O)N(c2ccc(SC(F)(F)F)cc2)C(=O)N1Cc1ccnc(NC2CCC2)c1. The fourth-order valence-electron chi connectivity index (χ4n) is 3.72. The van der Waals surface area contributed by atoms with Gasteiger partial charge in [-0.25, -0.2) is 14.7 Å². The molecule has 1 saturated heterocycles. The Morgan fingerprint density at radius 3 is 2.44 bits per heavy atom. The Bertz CT molecular complexity index is 1020. The first-order valence-electron chi connectivity index (χ1n) is 10.3. The van der Waals surface area contributed by atoms with Crippen LogP contribution >= 0.6 is 11.8 Å². The minimum absolute atomic E-state index is 0.0141. The van der Waals surface area contributed by atoms with Crippen LogP contribution < -0.4 is 10.2 Å². The number of rotatable bonds is 6. The van der Waals surface area contributed by atoms with Crippen LogP contribution in [0, 0.1) is 0 Å². The predicted molar refractivity (Wildman–Crippen MR) is 116 cm³/mol. The van der Waals surface area contributed by atoms with Gasteiger partial charge in [-0.3, -0.25) is 4.79 Å². The number of benzene rings is 1. The topological polar surface area (TPSA) is 65.5 Å². The molecule has 2 aliphatic rings. The van der Waals surface area contributed by atoms with Crippen molar-refractivity contribution in [2.45, 2.75) is 61.6 Å². The Labute approximate surface area is 188 Å². The monoisotopic (exact) mass is 464 g/mol. The number of urea groups is 1. The van der Waals surface area contributed by atoms with Crippen LogP contribution in [0.4, 0.5) is 29.5 Å². The van der Waals surface area contributed by atoms with Crippen LogP contribution in [0.1, 0.15) is 38.7 Å². The maximum Gasteiger partial charge on any atom is 0.446 e. The summed E-state index contributed by atoms with van der Waals surface area (Å²) in [6.45, 7) is 3.53. The summed E-state index contributed by atoms with van der Waals surface area (Å²) in [6.07, 6.45) is 5.07. The highest BCUT2D eigenvalue weighted by atomic mass is 32.2. The average molecular weight is 465 g/mol. The summed E-state index contributed by atoms with van der Waals surface area (Å²) in [5.74, 6) is 0.304.